The third-order valence-electron chi connectivity index (χ3n) is 10.7. The summed E-state index contributed by atoms with van der Waals surface area (Å²) in [7, 11) is 0. The Balaban J connectivity index is 1.36. The van der Waals surface area contributed by atoms with Crippen LogP contribution in [-0.2, 0) is 0 Å². The third-order valence-corrected chi connectivity index (χ3v) is 10.7. The predicted octanol–water partition coefficient (Wildman–Crippen LogP) is 13.5. The van der Waals surface area contributed by atoms with E-state index in [2.05, 4.69) is 174 Å². The Bertz CT molecular complexity index is 2500. The maximum Gasteiger partial charge on any atom is 0.161 e. The minimum absolute atomic E-state index is 0.0815. The fraction of sp³-hybridized carbons (Fsp3) is 0.137. The lowest BCUT2D eigenvalue weighted by Crippen LogP contribution is -2.15. The van der Waals surface area contributed by atoms with Crippen LogP contribution in [-0.4, -0.2) is 9.97 Å². The van der Waals surface area contributed by atoms with Crippen molar-refractivity contribution in [2.75, 3.05) is 4.90 Å². The average molecular weight is 700 g/mol. The molecule has 3 heteroatoms. The van der Waals surface area contributed by atoms with Gasteiger partial charge in [0.1, 0.15) is 5.82 Å². The second kappa shape index (κ2) is 14.6. The monoisotopic (exact) mass is 699 g/mol. The van der Waals surface area contributed by atoms with E-state index in [4.69, 9.17) is 9.97 Å². The Morgan fingerprint density at radius 3 is 1.63 bits per heavy atom. The molecule has 0 unspecified atom stereocenters. The fourth-order valence-corrected chi connectivity index (χ4v) is 8.54. The number of benzene rings is 7. The van der Waals surface area contributed by atoms with Crippen molar-refractivity contribution >= 4 is 28.0 Å². The van der Waals surface area contributed by atoms with Crippen LogP contribution in [0.1, 0.15) is 56.0 Å². The molecule has 0 spiro atoms. The molecule has 0 aliphatic rings. The molecular weight excluding hydrogens is 655 g/mol. The first kappa shape index (κ1) is 34.7. The van der Waals surface area contributed by atoms with Gasteiger partial charge < -0.3 is 0 Å². The number of hydrogen-bond donors (Lipinski definition) is 0. The third kappa shape index (κ3) is 6.58. The van der Waals surface area contributed by atoms with Crippen LogP contribution in [0, 0.1) is 41.5 Å². The first-order valence-electron chi connectivity index (χ1n) is 18.8. The van der Waals surface area contributed by atoms with Crippen molar-refractivity contribution in [1.29, 1.82) is 0 Å². The Labute approximate surface area is 319 Å². The van der Waals surface area contributed by atoms with Gasteiger partial charge >= 0.3 is 0 Å². The first-order valence-corrected chi connectivity index (χ1v) is 18.8. The van der Waals surface area contributed by atoms with Gasteiger partial charge in [0.05, 0.1) is 5.69 Å². The molecule has 0 N–H and O–H groups in total. The van der Waals surface area contributed by atoms with Gasteiger partial charge in [-0.1, -0.05) is 139 Å². The normalized spacial score (nSPS) is 11.3. The number of rotatable bonds is 8. The molecule has 3 nitrogen and oxygen atoms in total. The maximum absolute atomic E-state index is 5.24. The minimum atomic E-state index is 0.0815. The molecule has 0 radical (unpaired) electrons. The van der Waals surface area contributed by atoms with Crippen molar-refractivity contribution in [2.24, 2.45) is 0 Å². The Hall–Kier alpha value is -6.32. The van der Waals surface area contributed by atoms with Gasteiger partial charge in [0.25, 0.3) is 0 Å². The van der Waals surface area contributed by atoms with Gasteiger partial charge in [-0.05, 0) is 121 Å². The zero-order chi connectivity index (χ0) is 37.3. The molecule has 7 aromatic carbocycles. The molecular formula is C51H45N3. The highest BCUT2D eigenvalue weighted by Gasteiger charge is 2.26. The molecule has 0 aliphatic heterocycles. The maximum atomic E-state index is 5.24. The van der Waals surface area contributed by atoms with E-state index in [9.17, 15) is 0 Å². The van der Waals surface area contributed by atoms with Gasteiger partial charge in [0, 0.05) is 28.9 Å². The second-order valence-corrected chi connectivity index (χ2v) is 14.6. The Kier molecular flexibility index (Phi) is 9.40. The second-order valence-electron chi connectivity index (χ2n) is 14.6. The van der Waals surface area contributed by atoms with E-state index < -0.39 is 0 Å². The minimum Gasteiger partial charge on any atom is -0.294 e. The van der Waals surface area contributed by atoms with E-state index in [0.717, 1.165) is 33.9 Å². The lowest BCUT2D eigenvalue weighted by Gasteiger charge is -2.30. The van der Waals surface area contributed by atoms with Crippen LogP contribution in [0.25, 0.3) is 33.3 Å². The molecule has 1 aromatic heterocycles. The smallest absolute Gasteiger partial charge is 0.161 e. The van der Waals surface area contributed by atoms with Crippen LogP contribution in [0.4, 0.5) is 17.2 Å². The molecule has 8 rings (SSSR count). The number of aromatic nitrogens is 2. The van der Waals surface area contributed by atoms with Crippen LogP contribution in [0.2, 0.25) is 0 Å². The van der Waals surface area contributed by atoms with Crippen molar-refractivity contribution in [3.63, 3.8) is 0 Å². The molecule has 8 aromatic rings. The SMILES string of the molecule is Cc1cc(C)c(C(c2ccc(N(c3ccnc(-c4ccccc4)n3)c3ccc4ccccc4c3-c3ccccc3)cc2)c2c(C)cc(C)cc2C)c(C)c1. The summed E-state index contributed by atoms with van der Waals surface area (Å²) in [5, 5.41) is 2.38. The van der Waals surface area contributed by atoms with Crippen molar-refractivity contribution in [1.82, 2.24) is 9.97 Å². The van der Waals surface area contributed by atoms with E-state index in [1.165, 1.54) is 60.8 Å². The lowest BCUT2D eigenvalue weighted by atomic mass is 9.77. The highest BCUT2D eigenvalue weighted by atomic mass is 15.2. The average Bonchev–Trinajstić information content (AvgIpc) is 3.18. The number of hydrogen-bond acceptors (Lipinski definition) is 3. The van der Waals surface area contributed by atoms with Crippen LogP contribution in [0.15, 0.2) is 158 Å². The Morgan fingerprint density at radius 2 is 1.04 bits per heavy atom. The molecule has 1 heterocycles. The Morgan fingerprint density at radius 1 is 0.500 bits per heavy atom. The van der Waals surface area contributed by atoms with Gasteiger partial charge in [-0.25, -0.2) is 9.97 Å². The highest BCUT2D eigenvalue weighted by Crippen LogP contribution is 2.45. The van der Waals surface area contributed by atoms with Gasteiger partial charge in [-0.2, -0.15) is 0 Å². The van der Waals surface area contributed by atoms with Crippen molar-refractivity contribution in [3.05, 3.63) is 208 Å². The van der Waals surface area contributed by atoms with Gasteiger partial charge in [0.15, 0.2) is 5.82 Å². The van der Waals surface area contributed by atoms with E-state index in [-0.39, 0.29) is 5.92 Å². The quantitative estimate of drug-likeness (QED) is 0.148. The number of anilines is 3. The molecule has 54 heavy (non-hydrogen) atoms. The molecule has 0 saturated heterocycles. The lowest BCUT2D eigenvalue weighted by molar-refractivity contribution is 0.919. The first-order chi connectivity index (χ1) is 26.3. The van der Waals surface area contributed by atoms with Gasteiger partial charge in [0.2, 0.25) is 0 Å². The summed E-state index contributed by atoms with van der Waals surface area (Å²) in [5.74, 6) is 1.57. The standard InChI is InChI=1S/C51H45N3/c1-33-29-35(3)47(36(4)30-33)50(48-37(5)31-34(2)32-38(48)6)41-21-24-43(25-22-41)54(46-27-28-52-51(53-46)42-18-11-8-12-19-42)45-26-23-39-15-13-14-20-44(39)49(45)40-16-9-7-10-17-40/h7-32,50H,1-6H3. The molecule has 264 valence electrons. The van der Waals surface area contributed by atoms with Crippen LogP contribution >= 0.6 is 0 Å². The largest absolute Gasteiger partial charge is 0.294 e. The summed E-state index contributed by atoms with van der Waals surface area (Å²) in [4.78, 5) is 12.3. The van der Waals surface area contributed by atoms with Crippen LogP contribution < -0.4 is 4.90 Å². The molecule has 0 aliphatic carbocycles. The zero-order valence-electron chi connectivity index (χ0n) is 31.9. The van der Waals surface area contributed by atoms with Crippen molar-refractivity contribution in [2.45, 2.75) is 47.5 Å². The number of aryl methyl sites for hydroxylation is 6. The highest BCUT2D eigenvalue weighted by molar-refractivity contribution is 6.05. The molecule has 0 atom stereocenters. The topological polar surface area (TPSA) is 29.0 Å². The number of fused-ring (bicyclic) bond motifs is 1. The molecule has 0 saturated carbocycles. The summed E-state index contributed by atoms with van der Waals surface area (Å²) >= 11 is 0. The van der Waals surface area contributed by atoms with E-state index >= 15 is 0 Å². The summed E-state index contributed by atoms with van der Waals surface area (Å²) in [6, 6.07) is 54.5. The summed E-state index contributed by atoms with van der Waals surface area (Å²) < 4.78 is 0. The number of nitrogens with zero attached hydrogens (tertiary/aromatic N) is 3. The van der Waals surface area contributed by atoms with E-state index in [1.807, 2.05) is 30.5 Å². The molecule has 0 bridgehead atoms. The predicted molar refractivity (Wildman–Crippen MR) is 227 cm³/mol. The summed E-state index contributed by atoms with van der Waals surface area (Å²) in [6.07, 6.45) is 1.87. The van der Waals surface area contributed by atoms with Crippen molar-refractivity contribution in [3.8, 4) is 22.5 Å². The van der Waals surface area contributed by atoms with Gasteiger partial charge in [-0.3, -0.25) is 4.90 Å². The molecule has 0 fully saturated rings. The van der Waals surface area contributed by atoms with Crippen molar-refractivity contribution < 1.29 is 0 Å². The summed E-state index contributed by atoms with van der Waals surface area (Å²) in [5.41, 5.74) is 17.3. The van der Waals surface area contributed by atoms with Crippen LogP contribution in [0.3, 0.4) is 0 Å². The van der Waals surface area contributed by atoms with E-state index in [0.29, 0.717) is 5.82 Å². The fourth-order valence-electron chi connectivity index (χ4n) is 8.54. The van der Waals surface area contributed by atoms with E-state index in [1.54, 1.807) is 0 Å². The zero-order valence-corrected chi connectivity index (χ0v) is 31.9. The van der Waals surface area contributed by atoms with Crippen LogP contribution in [0.5, 0.6) is 0 Å². The summed E-state index contributed by atoms with van der Waals surface area (Å²) in [6.45, 7) is 13.4. The van der Waals surface area contributed by atoms with Gasteiger partial charge in [-0.15, -0.1) is 0 Å². The molecule has 0 amide bonds.